The van der Waals surface area contributed by atoms with Crippen LogP contribution in [0.5, 0.6) is 0 Å². The highest BCUT2D eigenvalue weighted by atomic mass is 127. The number of aliphatic imine (C=N–C) groups is 1. The maximum atomic E-state index is 11.5. The predicted molar refractivity (Wildman–Crippen MR) is 101 cm³/mol. The Kier molecular flexibility index (Phi) is 9.12. The molecule has 9 nitrogen and oxygen atoms in total. The fourth-order valence-corrected chi connectivity index (χ4v) is 2.17. The maximum absolute atomic E-state index is 11.5. The van der Waals surface area contributed by atoms with E-state index in [4.69, 9.17) is 0 Å². The van der Waals surface area contributed by atoms with Crippen molar-refractivity contribution in [1.29, 1.82) is 0 Å². The zero-order valence-corrected chi connectivity index (χ0v) is 16.0. The standard InChI is InChI=1S/C14H23N7O2.HI/c1-2-15-13(16-5-3-8-20-9-4-6-19-20)17-7-10-21-12(22)11-18-14(21)23;/h4,6,9H,2-3,5,7-8,10-11H2,1H3,(H,18,23)(H2,15,16,17);1H. The number of hydrogen-bond acceptors (Lipinski definition) is 4. The van der Waals surface area contributed by atoms with Crippen LogP contribution in [0.3, 0.4) is 0 Å². The Morgan fingerprint density at radius 1 is 1.38 bits per heavy atom. The van der Waals surface area contributed by atoms with Crippen LogP contribution < -0.4 is 16.0 Å². The van der Waals surface area contributed by atoms with E-state index in [0.29, 0.717) is 25.6 Å². The van der Waals surface area contributed by atoms with E-state index in [0.717, 1.165) is 19.5 Å². The van der Waals surface area contributed by atoms with Crippen molar-refractivity contribution in [3.8, 4) is 0 Å². The van der Waals surface area contributed by atoms with Gasteiger partial charge in [-0.15, -0.1) is 24.0 Å². The third-order valence-corrected chi connectivity index (χ3v) is 3.28. The molecule has 2 rings (SSSR count). The van der Waals surface area contributed by atoms with Gasteiger partial charge in [-0.2, -0.15) is 5.10 Å². The summed E-state index contributed by atoms with van der Waals surface area (Å²) in [6.07, 6.45) is 4.56. The molecular formula is C14H24IN7O2. The van der Waals surface area contributed by atoms with Gasteiger partial charge in [0.15, 0.2) is 5.96 Å². The molecule has 0 radical (unpaired) electrons. The number of guanidine groups is 1. The summed E-state index contributed by atoms with van der Waals surface area (Å²) in [6.45, 7) is 5.08. The number of nitrogens with one attached hydrogen (secondary N) is 3. The van der Waals surface area contributed by atoms with Crippen LogP contribution >= 0.6 is 24.0 Å². The number of aromatic nitrogens is 2. The molecular weight excluding hydrogens is 425 g/mol. The molecule has 1 saturated heterocycles. The second-order valence-electron chi connectivity index (χ2n) is 5.01. The van der Waals surface area contributed by atoms with Gasteiger partial charge in [0.05, 0.1) is 6.54 Å². The summed E-state index contributed by atoms with van der Waals surface area (Å²) < 4.78 is 1.87. The van der Waals surface area contributed by atoms with Crippen LogP contribution in [0.15, 0.2) is 23.5 Å². The van der Waals surface area contributed by atoms with Crippen LogP contribution in [-0.4, -0.2) is 65.3 Å². The van der Waals surface area contributed by atoms with E-state index in [2.05, 4.69) is 26.0 Å². The highest BCUT2D eigenvalue weighted by Gasteiger charge is 2.27. The number of carbonyl (C=O) groups is 2. The van der Waals surface area contributed by atoms with Crippen molar-refractivity contribution in [2.45, 2.75) is 19.9 Å². The highest BCUT2D eigenvalue weighted by Crippen LogP contribution is 1.97. The molecule has 3 amide bonds. The van der Waals surface area contributed by atoms with Crippen molar-refractivity contribution in [2.24, 2.45) is 4.99 Å². The first-order valence-corrected chi connectivity index (χ1v) is 7.78. The van der Waals surface area contributed by atoms with Gasteiger partial charge in [-0.25, -0.2) is 4.79 Å². The van der Waals surface area contributed by atoms with E-state index < -0.39 is 0 Å². The number of imide groups is 1. The van der Waals surface area contributed by atoms with Crippen molar-refractivity contribution >= 4 is 41.9 Å². The zero-order valence-electron chi connectivity index (χ0n) is 13.7. The van der Waals surface area contributed by atoms with E-state index in [9.17, 15) is 9.59 Å². The third-order valence-electron chi connectivity index (χ3n) is 3.28. The third kappa shape index (κ3) is 6.34. The van der Waals surface area contributed by atoms with Gasteiger partial charge in [-0.3, -0.25) is 19.4 Å². The largest absolute Gasteiger partial charge is 0.357 e. The molecule has 10 heteroatoms. The number of urea groups is 1. The fourth-order valence-electron chi connectivity index (χ4n) is 2.17. The summed E-state index contributed by atoms with van der Waals surface area (Å²) in [5, 5.41) is 12.9. The number of halogens is 1. The smallest absolute Gasteiger partial charge is 0.324 e. The van der Waals surface area contributed by atoms with Crippen molar-refractivity contribution in [3.63, 3.8) is 0 Å². The first-order chi connectivity index (χ1) is 11.2. The Morgan fingerprint density at radius 2 is 2.21 bits per heavy atom. The monoisotopic (exact) mass is 449 g/mol. The molecule has 3 N–H and O–H groups in total. The molecule has 0 spiro atoms. The molecule has 2 heterocycles. The number of amides is 3. The molecule has 1 aliphatic heterocycles. The van der Waals surface area contributed by atoms with Gasteiger partial charge in [0.25, 0.3) is 0 Å². The summed E-state index contributed by atoms with van der Waals surface area (Å²) in [5.74, 6) is 0.484. The quantitative estimate of drug-likeness (QED) is 0.171. The highest BCUT2D eigenvalue weighted by molar-refractivity contribution is 14.0. The van der Waals surface area contributed by atoms with Gasteiger partial charge in [-0.1, -0.05) is 0 Å². The van der Waals surface area contributed by atoms with Gasteiger partial charge < -0.3 is 16.0 Å². The zero-order chi connectivity index (χ0) is 16.5. The fraction of sp³-hybridized carbons (Fsp3) is 0.571. The molecule has 0 atom stereocenters. The number of hydrogen-bond donors (Lipinski definition) is 3. The minimum Gasteiger partial charge on any atom is -0.357 e. The molecule has 0 saturated carbocycles. The van der Waals surface area contributed by atoms with Crippen LogP contribution in [0, 0.1) is 0 Å². The van der Waals surface area contributed by atoms with Crippen molar-refractivity contribution < 1.29 is 9.59 Å². The van der Waals surface area contributed by atoms with Crippen LogP contribution in [0.1, 0.15) is 13.3 Å². The van der Waals surface area contributed by atoms with Gasteiger partial charge in [0.2, 0.25) is 5.91 Å². The Morgan fingerprint density at radius 3 is 2.83 bits per heavy atom. The van der Waals surface area contributed by atoms with Crippen LogP contribution in [0.2, 0.25) is 0 Å². The van der Waals surface area contributed by atoms with Crippen molar-refractivity contribution in [3.05, 3.63) is 18.5 Å². The lowest BCUT2D eigenvalue weighted by atomic mass is 10.4. The molecule has 1 aliphatic rings. The second-order valence-corrected chi connectivity index (χ2v) is 5.01. The molecule has 1 aromatic heterocycles. The SMILES string of the molecule is CCNC(=NCCCn1cccn1)NCCN1C(=O)CNC1=O.I. The molecule has 1 aromatic rings. The van der Waals surface area contributed by atoms with E-state index in [1.165, 1.54) is 4.90 Å². The topological polar surface area (TPSA) is 104 Å². The summed E-state index contributed by atoms with van der Waals surface area (Å²) in [4.78, 5) is 28.6. The summed E-state index contributed by atoms with van der Waals surface area (Å²) in [7, 11) is 0. The van der Waals surface area contributed by atoms with E-state index >= 15 is 0 Å². The lowest BCUT2D eigenvalue weighted by Gasteiger charge is -2.15. The van der Waals surface area contributed by atoms with Crippen LogP contribution in [-0.2, 0) is 11.3 Å². The van der Waals surface area contributed by atoms with Gasteiger partial charge in [-0.05, 0) is 19.4 Å². The normalized spacial score (nSPS) is 14.4. The summed E-state index contributed by atoms with van der Waals surface area (Å²) in [5.41, 5.74) is 0. The second kappa shape index (κ2) is 10.8. The summed E-state index contributed by atoms with van der Waals surface area (Å²) >= 11 is 0. The molecule has 134 valence electrons. The average molecular weight is 449 g/mol. The molecule has 0 unspecified atom stereocenters. The molecule has 0 aromatic carbocycles. The molecule has 1 fully saturated rings. The van der Waals surface area contributed by atoms with Gasteiger partial charge in [0.1, 0.15) is 0 Å². The number of rotatable bonds is 8. The number of carbonyl (C=O) groups excluding carboxylic acids is 2. The Labute approximate surface area is 158 Å². The average Bonchev–Trinajstić information content (AvgIpc) is 3.16. The first kappa shape index (κ1) is 20.2. The van der Waals surface area contributed by atoms with Gasteiger partial charge >= 0.3 is 6.03 Å². The van der Waals surface area contributed by atoms with Crippen LogP contribution in [0.4, 0.5) is 4.79 Å². The van der Waals surface area contributed by atoms with E-state index in [1.54, 1.807) is 6.20 Å². The Balaban J connectivity index is 0.00000288. The first-order valence-electron chi connectivity index (χ1n) is 7.78. The minimum absolute atomic E-state index is 0. The molecule has 24 heavy (non-hydrogen) atoms. The number of aryl methyl sites for hydroxylation is 1. The predicted octanol–water partition coefficient (Wildman–Crippen LogP) is -0.00190. The number of nitrogens with zero attached hydrogens (tertiary/aromatic N) is 4. The summed E-state index contributed by atoms with van der Waals surface area (Å²) in [6, 6.07) is 1.56. The minimum atomic E-state index is -0.335. The molecule has 0 aliphatic carbocycles. The lowest BCUT2D eigenvalue weighted by molar-refractivity contribution is -0.124. The van der Waals surface area contributed by atoms with Crippen molar-refractivity contribution in [2.75, 3.05) is 32.7 Å². The van der Waals surface area contributed by atoms with Gasteiger partial charge in [0, 0.05) is 45.1 Å². The molecule has 0 bridgehead atoms. The van der Waals surface area contributed by atoms with Crippen molar-refractivity contribution in [1.82, 2.24) is 30.6 Å². The lowest BCUT2D eigenvalue weighted by Crippen LogP contribution is -2.43. The Hall–Kier alpha value is -1.85. The van der Waals surface area contributed by atoms with E-state index in [1.807, 2.05) is 23.9 Å². The van der Waals surface area contributed by atoms with Crippen LogP contribution in [0.25, 0.3) is 0 Å². The maximum Gasteiger partial charge on any atom is 0.324 e. The Bertz CT molecular complexity index is 531. The van der Waals surface area contributed by atoms with E-state index in [-0.39, 0.29) is 42.5 Å².